The molecule has 150 valence electrons. The molecule has 4 rings (SSSR count). The Morgan fingerprint density at radius 2 is 1.83 bits per heavy atom. The molecule has 1 saturated heterocycles. The average molecular weight is 392 g/mol. The molecule has 3 aromatic rings. The van der Waals surface area contributed by atoms with Crippen LogP contribution in [0.15, 0.2) is 33.9 Å². The lowest BCUT2D eigenvalue weighted by atomic mass is 10.2. The van der Waals surface area contributed by atoms with E-state index < -0.39 is 5.69 Å². The number of piperazine rings is 1. The number of hydrogen-bond acceptors (Lipinski definition) is 5. The van der Waals surface area contributed by atoms with E-state index in [0.29, 0.717) is 29.3 Å². The Balaban J connectivity index is 2.03. The van der Waals surface area contributed by atoms with Crippen molar-refractivity contribution in [2.75, 3.05) is 31.1 Å². The van der Waals surface area contributed by atoms with Crippen LogP contribution in [0.5, 0.6) is 0 Å². The highest BCUT2D eigenvalue weighted by Gasteiger charge is 2.24. The zero-order chi connectivity index (χ0) is 20.5. The maximum Gasteiger partial charge on any atom is 0.337 e. The van der Waals surface area contributed by atoms with Crippen LogP contribution in [0.4, 0.5) is 5.95 Å². The standard InChI is InChI=1S/C21H24N6O2/c1-4-5-12-26-17-18(23-20(26)25-13-10-22-11-14-25)24(3)21(29)27(19(17)28)16-8-6-15(2)7-9-16/h6-9,22H,10-14H2,1-3H3. The summed E-state index contributed by atoms with van der Waals surface area (Å²) >= 11 is 0. The van der Waals surface area contributed by atoms with Gasteiger partial charge in [-0.2, -0.15) is 4.98 Å². The van der Waals surface area contributed by atoms with Gasteiger partial charge in [0.2, 0.25) is 5.95 Å². The Bertz CT molecular complexity index is 1230. The van der Waals surface area contributed by atoms with E-state index in [4.69, 9.17) is 4.98 Å². The van der Waals surface area contributed by atoms with E-state index in [9.17, 15) is 9.59 Å². The molecule has 29 heavy (non-hydrogen) atoms. The third-order valence-electron chi connectivity index (χ3n) is 5.24. The van der Waals surface area contributed by atoms with Gasteiger partial charge in [0.25, 0.3) is 5.56 Å². The van der Waals surface area contributed by atoms with Crippen molar-refractivity contribution >= 4 is 17.1 Å². The Kier molecular flexibility index (Phi) is 4.99. The van der Waals surface area contributed by atoms with Crippen LogP contribution >= 0.6 is 0 Å². The maximum absolute atomic E-state index is 13.5. The molecule has 1 aromatic carbocycles. The van der Waals surface area contributed by atoms with Crippen molar-refractivity contribution in [3.63, 3.8) is 0 Å². The highest BCUT2D eigenvalue weighted by atomic mass is 16.2. The zero-order valence-corrected chi connectivity index (χ0v) is 16.9. The van der Waals surface area contributed by atoms with Gasteiger partial charge in [0, 0.05) is 33.2 Å². The summed E-state index contributed by atoms with van der Waals surface area (Å²) in [4.78, 5) is 33.3. The Morgan fingerprint density at radius 3 is 2.48 bits per heavy atom. The van der Waals surface area contributed by atoms with Gasteiger partial charge >= 0.3 is 5.69 Å². The van der Waals surface area contributed by atoms with Crippen LogP contribution in [0.25, 0.3) is 16.9 Å². The number of anilines is 1. The van der Waals surface area contributed by atoms with E-state index in [1.54, 1.807) is 26.1 Å². The molecule has 0 unspecified atom stereocenters. The predicted octanol–water partition coefficient (Wildman–Crippen LogP) is 0.627. The molecule has 0 atom stereocenters. The van der Waals surface area contributed by atoms with Gasteiger partial charge in [-0.05, 0) is 26.0 Å². The van der Waals surface area contributed by atoms with E-state index in [2.05, 4.69) is 22.1 Å². The van der Waals surface area contributed by atoms with Crippen LogP contribution in [-0.4, -0.2) is 44.9 Å². The fourth-order valence-corrected chi connectivity index (χ4v) is 3.64. The average Bonchev–Trinajstić information content (AvgIpc) is 3.12. The number of hydrogen-bond donors (Lipinski definition) is 1. The summed E-state index contributed by atoms with van der Waals surface area (Å²) in [5, 5.41) is 3.32. The number of nitrogens with zero attached hydrogens (tertiary/aromatic N) is 5. The molecule has 8 nitrogen and oxygen atoms in total. The first kappa shape index (κ1) is 19.0. The maximum atomic E-state index is 13.5. The summed E-state index contributed by atoms with van der Waals surface area (Å²) in [6, 6.07) is 7.34. The molecule has 1 N–H and O–H groups in total. The highest BCUT2D eigenvalue weighted by Crippen LogP contribution is 2.20. The molecule has 3 heterocycles. The van der Waals surface area contributed by atoms with Gasteiger partial charge in [-0.15, -0.1) is 5.92 Å². The fraction of sp³-hybridized carbons (Fsp3) is 0.381. The predicted molar refractivity (Wildman–Crippen MR) is 114 cm³/mol. The fourth-order valence-electron chi connectivity index (χ4n) is 3.64. The first-order valence-electron chi connectivity index (χ1n) is 9.67. The van der Waals surface area contributed by atoms with Gasteiger partial charge in [-0.3, -0.25) is 13.9 Å². The Hall–Kier alpha value is -3.31. The number of fused-ring (bicyclic) bond motifs is 1. The van der Waals surface area contributed by atoms with Crippen molar-refractivity contribution < 1.29 is 0 Å². The van der Waals surface area contributed by atoms with E-state index >= 15 is 0 Å². The molecular formula is C21H24N6O2. The SMILES string of the molecule is CC#CCn1c(N2CCNCC2)nc2c1c(=O)n(-c1ccc(C)cc1)c(=O)n2C. The minimum atomic E-state index is -0.413. The van der Waals surface area contributed by atoms with Gasteiger partial charge in [-0.1, -0.05) is 23.6 Å². The largest absolute Gasteiger partial charge is 0.340 e. The third-order valence-corrected chi connectivity index (χ3v) is 5.24. The number of benzene rings is 1. The molecule has 0 spiro atoms. The minimum Gasteiger partial charge on any atom is -0.340 e. The van der Waals surface area contributed by atoms with Gasteiger partial charge in [0.05, 0.1) is 12.2 Å². The van der Waals surface area contributed by atoms with Crippen LogP contribution in [-0.2, 0) is 13.6 Å². The van der Waals surface area contributed by atoms with E-state index in [1.807, 2.05) is 23.6 Å². The summed E-state index contributed by atoms with van der Waals surface area (Å²) in [7, 11) is 1.65. The molecule has 1 aliphatic heterocycles. The van der Waals surface area contributed by atoms with Crippen LogP contribution in [0.1, 0.15) is 12.5 Å². The minimum absolute atomic E-state index is 0.341. The van der Waals surface area contributed by atoms with E-state index in [1.165, 1.54) is 9.13 Å². The van der Waals surface area contributed by atoms with Crippen LogP contribution in [0.2, 0.25) is 0 Å². The first-order chi connectivity index (χ1) is 14.0. The third kappa shape index (κ3) is 3.23. The number of rotatable bonds is 3. The van der Waals surface area contributed by atoms with Crippen LogP contribution < -0.4 is 21.5 Å². The molecule has 0 aliphatic carbocycles. The van der Waals surface area contributed by atoms with Crippen LogP contribution in [0, 0.1) is 18.8 Å². The Morgan fingerprint density at radius 1 is 1.14 bits per heavy atom. The molecule has 1 aliphatic rings. The molecule has 1 fully saturated rings. The first-order valence-corrected chi connectivity index (χ1v) is 9.67. The number of imidazole rings is 1. The van der Waals surface area contributed by atoms with E-state index in [0.717, 1.165) is 31.7 Å². The van der Waals surface area contributed by atoms with Gasteiger partial charge < -0.3 is 10.2 Å². The van der Waals surface area contributed by atoms with Crippen molar-refractivity contribution in [3.8, 4) is 17.5 Å². The molecule has 2 aromatic heterocycles. The van der Waals surface area contributed by atoms with Crippen molar-refractivity contribution in [2.24, 2.45) is 7.05 Å². The Labute approximate surface area is 168 Å². The molecule has 0 amide bonds. The monoisotopic (exact) mass is 392 g/mol. The second-order valence-corrected chi connectivity index (χ2v) is 7.15. The molecule has 0 radical (unpaired) electrons. The lowest BCUT2D eigenvalue weighted by Crippen LogP contribution is -2.44. The molecule has 0 saturated carbocycles. The second kappa shape index (κ2) is 7.60. The summed E-state index contributed by atoms with van der Waals surface area (Å²) in [5.41, 5.74) is 1.59. The number of aromatic nitrogens is 4. The van der Waals surface area contributed by atoms with Gasteiger partial charge in [0.1, 0.15) is 0 Å². The zero-order valence-electron chi connectivity index (χ0n) is 16.9. The van der Waals surface area contributed by atoms with Crippen molar-refractivity contribution in [3.05, 3.63) is 50.7 Å². The van der Waals surface area contributed by atoms with Crippen LogP contribution in [0.3, 0.4) is 0 Å². The molecular weight excluding hydrogens is 368 g/mol. The summed E-state index contributed by atoms with van der Waals surface area (Å²) in [6.45, 7) is 7.32. The van der Waals surface area contributed by atoms with E-state index in [-0.39, 0.29) is 5.56 Å². The van der Waals surface area contributed by atoms with Crippen molar-refractivity contribution in [2.45, 2.75) is 20.4 Å². The topological polar surface area (TPSA) is 77.1 Å². The quantitative estimate of drug-likeness (QED) is 0.662. The lowest BCUT2D eigenvalue weighted by molar-refractivity contribution is 0.573. The summed E-state index contributed by atoms with van der Waals surface area (Å²) in [5.74, 6) is 6.62. The number of aryl methyl sites for hydroxylation is 2. The lowest BCUT2D eigenvalue weighted by Gasteiger charge is -2.28. The summed E-state index contributed by atoms with van der Waals surface area (Å²) in [6.07, 6.45) is 0. The smallest absolute Gasteiger partial charge is 0.337 e. The van der Waals surface area contributed by atoms with Gasteiger partial charge in [0.15, 0.2) is 11.2 Å². The second-order valence-electron chi connectivity index (χ2n) is 7.15. The van der Waals surface area contributed by atoms with Gasteiger partial charge in [-0.25, -0.2) is 9.36 Å². The summed E-state index contributed by atoms with van der Waals surface area (Å²) < 4.78 is 4.49. The normalized spacial score (nSPS) is 14.1. The molecule has 0 bridgehead atoms. The highest BCUT2D eigenvalue weighted by molar-refractivity contribution is 5.75. The number of nitrogens with one attached hydrogen (secondary N) is 1. The molecule has 8 heteroatoms. The van der Waals surface area contributed by atoms with Crippen molar-refractivity contribution in [1.82, 2.24) is 24.0 Å². The van der Waals surface area contributed by atoms with Crippen molar-refractivity contribution in [1.29, 1.82) is 0 Å².